The summed E-state index contributed by atoms with van der Waals surface area (Å²) in [7, 11) is 0. The normalized spacial score (nSPS) is 21.1. The molecule has 1 fully saturated rings. The highest BCUT2D eigenvalue weighted by Gasteiger charge is 2.25. The van der Waals surface area contributed by atoms with Crippen LogP contribution in [0.2, 0.25) is 0 Å². The molecule has 0 aromatic heterocycles. The first-order valence-corrected chi connectivity index (χ1v) is 6.40. The van der Waals surface area contributed by atoms with Crippen LogP contribution in [0.3, 0.4) is 0 Å². The molecule has 1 aliphatic rings. The zero-order valence-corrected chi connectivity index (χ0v) is 11.2. The number of rotatable bonds is 6. The second-order valence-corrected chi connectivity index (χ2v) is 5.31. The van der Waals surface area contributed by atoms with Crippen molar-refractivity contribution in [3.63, 3.8) is 0 Å². The Morgan fingerprint density at radius 3 is 2.65 bits per heavy atom. The first-order valence-electron chi connectivity index (χ1n) is 6.40. The maximum absolute atomic E-state index is 9.16. The molecule has 1 saturated heterocycles. The largest absolute Gasteiger partial charge is 0.381 e. The lowest BCUT2D eigenvalue weighted by molar-refractivity contribution is 0.00994. The highest BCUT2D eigenvalue weighted by atomic mass is 16.5. The van der Waals surface area contributed by atoms with Crippen molar-refractivity contribution in [3.05, 3.63) is 0 Å². The van der Waals surface area contributed by atoms with Gasteiger partial charge in [0.15, 0.2) is 0 Å². The lowest BCUT2D eigenvalue weighted by Gasteiger charge is -2.27. The summed E-state index contributed by atoms with van der Waals surface area (Å²) in [5.41, 5.74) is -0.584. The van der Waals surface area contributed by atoms with E-state index >= 15 is 0 Å². The number of ether oxygens (including phenoxy) is 2. The molecule has 0 amide bonds. The minimum atomic E-state index is -0.584. The summed E-state index contributed by atoms with van der Waals surface area (Å²) in [6.45, 7) is 8.82. The molecule has 4 heteroatoms. The van der Waals surface area contributed by atoms with Gasteiger partial charge in [-0.3, -0.25) is 5.32 Å². The van der Waals surface area contributed by atoms with E-state index in [-0.39, 0.29) is 6.04 Å². The summed E-state index contributed by atoms with van der Waals surface area (Å²) in [6, 6.07) is 2.57. The average molecular weight is 240 g/mol. The van der Waals surface area contributed by atoms with E-state index in [0.717, 1.165) is 32.7 Å². The van der Waals surface area contributed by atoms with E-state index < -0.39 is 5.54 Å². The van der Waals surface area contributed by atoms with Crippen molar-refractivity contribution in [3.8, 4) is 6.07 Å². The van der Waals surface area contributed by atoms with Crippen LogP contribution in [0.15, 0.2) is 0 Å². The molecule has 1 atom stereocenters. The topological polar surface area (TPSA) is 54.3 Å². The lowest BCUT2D eigenvalue weighted by atomic mass is 10.0. The maximum atomic E-state index is 9.16. The Balaban J connectivity index is 2.25. The average Bonchev–Trinajstić information content (AvgIpc) is 2.29. The first-order chi connectivity index (χ1) is 8.06. The van der Waals surface area contributed by atoms with Crippen LogP contribution >= 0.6 is 0 Å². The van der Waals surface area contributed by atoms with E-state index in [4.69, 9.17) is 14.7 Å². The predicted molar refractivity (Wildman–Crippen MR) is 66.7 cm³/mol. The Kier molecular flexibility index (Phi) is 5.90. The molecular formula is C13H24N2O2. The smallest absolute Gasteiger partial charge is 0.127 e. The summed E-state index contributed by atoms with van der Waals surface area (Å²) >= 11 is 0. The summed E-state index contributed by atoms with van der Waals surface area (Å²) in [5, 5.41) is 12.4. The van der Waals surface area contributed by atoms with Gasteiger partial charge in [-0.05, 0) is 39.5 Å². The van der Waals surface area contributed by atoms with Crippen molar-refractivity contribution in [1.29, 1.82) is 5.26 Å². The van der Waals surface area contributed by atoms with Gasteiger partial charge in [0.25, 0.3) is 0 Å². The van der Waals surface area contributed by atoms with Crippen LogP contribution in [0.25, 0.3) is 0 Å². The van der Waals surface area contributed by atoms with Gasteiger partial charge in [-0.15, -0.1) is 0 Å². The summed E-state index contributed by atoms with van der Waals surface area (Å²) in [6.07, 6.45) is 2.14. The van der Waals surface area contributed by atoms with Gasteiger partial charge >= 0.3 is 0 Å². The Bertz CT molecular complexity index is 257. The van der Waals surface area contributed by atoms with E-state index in [0.29, 0.717) is 12.5 Å². The van der Waals surface area contributed by atoms with Gasteiger partial charge in [0, 0.05) is 25.9 Å². The molecule has 17 heavy (non-hydrogen) atoms. The Morgan fingerprint density at radius 1 is 1.47 bits per heavy atom. The molecule has 1 unspecified atom stereocenters. The zero-order valence-electron chi connectivity index (χ0n) is 11.2. The van der Waals surface area contributed by atoms with E-state index in [9.17, 15) is 0 Å². The number of hydrogen-bond donors (Lipinski definition) is 1. The van der Waals surface area contributed by atoms with Gasteiger partial charge in [0.2, 0.25) is 0 Å². The highest BCUT2D eigenvalue weighted by Crippen LogP contribution is 2.15. The van der Waals surface area contributed by atoms with Crippen molar-refractivity contribution in [1.82, 2.24) is 5.32 Å². The molecule has 98 valence electrons. The molecule has 0 aromatic carbocycles. The molecule has 0 aromatic rings. The van der Waals surface area contributed by atoms with Gasteiger partial charge in [-0.2, -0.15) is 5.26 Å². The summed E-state index contributed by atoms with van der Waals surface area (Å²) < 4.78 is 11.0. The van der Waals surface area contributed by atoms with Gasteiger partial charge in [-0.25, -0.2) is 0 Å². The summed E-state index contributed by atoms with van der Waals surface area (Å²) in [5.74, 6) is 0.589. The van der Waals surface area contributed by atoms with E-state index in [1.54, 1.807) is 0 Å². The van der Waals surface area contributed by atoms with Crippen molar-refractivity contribution in [2.45, 2.75) is 45.2 Å². The quantitative estimate of drug-likeness (QED) is 0.768. The van der Waals surface area contributed by atoms with Crippen molar-refractivity contribution >= 4 is 0 Å². The Labute approximate surface area is 104 Å². The number of nitrogens with one attached hydrogen (secondary N) is 1. The molecule has 1 N–H and O–H groups in total. The molecule has 0 aliphatic carbocycles. The van der Waals surface area contributed by atoms with Crippen LogP contribution in [0.1, 0.15) is 33.6 Å². The van der Waals surface area contributed by atoms with Crippen LogP contribution in [0.5, 0.6) is 0 Å². The van der Waals surface area contributed by atoms with Gasteiger partial charge < -0.3 is 9.47 Å². The van der Waals surface area contributed by atoms with Crippen LogP contribution in [0.4, 0.5) is 0 Å². The van der Waals surface area contributed by atoms with E-state index in [1.807, 2.05) is 20.8 Å². The SMILES string of the molecule is CC(C)NC(C)(C#N)COCC1CCOCC1. The molecule has 1 rings (SSSR count). The first kappa shape index (κ1) is 14.4. The Hall–Kier alpha value is -0.630. The third kappa shape index (κ3) is 5.49. The molecule has 0 spiro atoms. The molecule has 1 heterocycles. The number of hydrogen-bond acceptors (Lipinski definition) is 4. The maximum Gasteiger partial charge on any atom is 0.127 e. The standard InChI is InChI=1S/C13H24N2O2/c1-11(2)15-13(3,9-14)10-17-8-12-4-6-16-7-5-12/h11-12,15H,4-8,10H2,1-3H3. The van der Waals surface area contributed by atoms with E-state index in [1.165, 1.54) is 0 Å². The third-order valence-electron chi connectivity index (χ3n) is 2.94. The predicted octanol–water partition coefficient (Wildman–Crippen LogP) is 1.71. The second kappa shape index (κ2) is 6.95. The van der Waals surface area contributed by atoms with E-state index in [2.05, 4.69) is 11.4 Å². The highest BCUT2D eigenvalue weighted by molar-refractivity contribution is 5.04. The van der Waals surface area contributed by atoms with Crippen LogP contribution in [0, 0.1) is 17.2 Å². The van der Waals surface area contributed by atoms with Crippen LogP contribution < -0.4 is 5.32 Å². The molecule has 1 aliphatic heterocycles. The van der Waals surface area contributed by atoms with Gasteiger partial charge in [-0.1, -0.05) is 0 Å². The molecule has 0 saturated carbocycles. The molecule has 0 bridgehead atoms. The lowest BCUT2D eigenvalue weighted by Crippen LogP contribution is -2.48. The van der Waals surface area contributed by atoms with Gasteiger partial charge in [0.1, 0.15) is 5.54 Å². The number of nitrogens with zero attached hydrogens (tertiary/aromatic N) is 1. The number of nitriles is 1. The van der Waals surface area contributed by atoms with Crippen molar-refractivity contribution in [2.75, 3.05) is 26.4 Å². The van der Waals surface area contributed by atoms with Crippen LogP contribution in [-0.2, 0) is 9.47 Å². The molecule has 4 nitrogen and oxygen atoms in total. The van der Waals surface area contributed by atoms with Crippen molar-refractivity contribution in [2.24, 2.45) is 5.92 Å². The summed E-state index contributed by atoms with van der Waals surface area (Å²) in [4.78, 5) is 0. The van der Waals surface area contributed by atoms with Crippen molar-refractivity contribution < 1.29 is 9.47 Å². The third-order valence-corrected chi connectivity index (χ3v) is 2.94. The Morgan fingerprint density at radius 2 is 2.12 bits per heavy atom. The van der Waals surface area contributed by atoms with Crippen LogP contribution in [-0.4, -0.2) is 38.0 Å². The second-order valence-electron chi connectivity index (χ2n) is 5.31. The minimum Gasteiger partial charge on any atom is -0.381 e. The minimum absolute atomic E-state index is 0.284. The molecule has 0 radical (unpaired) electrons. The fraction of sp³-hybridized carbons (Fsp3) is 0.923. The fourth-order valence-corrected chi connectivity index (χ4v) is 2.09. The zero-order chi connectivity index (χ0) is 12.7. The molecular weight excluding hydrogens is 216 g/mol. The van der Waals surface area contributed by atoms with Gasteiger partial charge in [0.05, 0.1) is 12.7 Å². The fourth-order valence-electron chi connectivity index (χ4n) is 2.09. The monoisotopic (exact) mass is 240 g/mol.